The summed E-state index contributed by atoms with van der Waals surface area (Å²) in [7, 11) is 0. The fraction of sp³-hybridized carbons (Fsp3) is 0.238. The predicted octanol–water partition coefficient (Wildman–Crippen LogP) is 3.35. The van der Waals surface area contributed by atoms with Gasteiger partial charge in [-0.3, -0.25) is 20.4 Å². The number of ether oxygens (including phenoxy) is 2. The second-order valence-electron chi connectivity index (χ2n) is 5.63. The van der Waals surface area contributed by atoms with E-state index in [2.05, 4.69) is 10.9 Å². The summed E-state index contributed by atoms with van der Waals surface area (Å²) in [5.74, 6) is 0.485. The molecule has 0 bridgehead atoms. The van der Waals surface area contributed by atoms with E-state index in [0.717, 1.165) is 12.0 Å². The van der Waals surface area contributed by atoms with Gasteiger partial charge < -0.3 is 9.47 Å². The van der Waals surface area contributed by atoms with Crippen molar-refractivity contribution in [3.05, 3.63) is 65.7 Å². The highest BCUT2D eigenvalue weighted by Crippen LogP contribution is 2.29. The zero-order valence-corrected chi connectivity index (χ0v) is 15.5. The lowest BCUT2D eigenvalue weighted by atomic mass is 10.2. The van der Waals surface area contributed by atoms with E-state index in [-0.39, 0.29) is 5.91 Å². The van der Waals surface area contributed by atoms with Crippen molar-refractivity contribution in [3.8, 4) is 11.5 Å². The Labute approximate surface area is 159 Å². The van der Waals surface area contributed by atoms with E-state index >= 15 is 0 Å². The molecule has 0 radical (unpaired) electrons. The zero-order valence-electron chi connectivity index (χ0n) is 15.5. The first-order chi connectivity index (χ1) is 13.1. The largest absolute Gasteiger partial charge is 0.490 e. The molecule has 2 amide bonds. The standard InChI is InChI=1S/C21H24N2O4/c1-3-14-27-18-12-10-16(15-19(18)26-4-2)11-13-20(24)22-23-21(25)17-8-6-5-7-9-17/h5-13,15H,3-4,14H2,1-2H3,(H,22,24)(H,23,25)/b13-11+. The van der Waals surface area contributed by atoms with Crippen molar-refractivity contribution in [3.63, 3.8) is 0 Å². The Bertz CT molecular complexity index is 788. The number of hydrogen-bond acceptors (Lipinski definition) is 4. The van der Waals surface area contributed by atoms with Crippen molar-refractivity contribution in [2.45, 2.75) is 20.3 Å². The van der Waals surface area contributed by atoms with Gasteiger partial charge in [-0.15, -0.1) is 0 Å². The molecule has 6 nitrogen and oxygen atoms in total. The van der Waals surface area contributed by atoms with Crippen LogP contribution in [0.4, 0.5) is 0 Å². The number of benzene rings is 2. The predicted molar refractivity (Wildman–Crippen MR) is 104 cm³/mol. The average molecular weight is 368 g/mol. The van der Waals surface area contributed by atoms with Crippen LogP contribution in [0, 0.1) is 0 Å². The Morgan fingerprint density at radius 3 is 2.44 bits per heavy atom. The molecule has 0 aliphatic heterocycles. The first kappa shape index (κ1) is 20.0. The molecule has 2 aromatic rings. The third kappa shape index (κ3) is 6.51. The topological polar surface area (TPSA) is 76.7 Å². The van der Waals surface area contributed by atoms with Crippen molar-refractivity contribution >= 4 is 17.9 Å². The van der Waals surface area contributed by atoms with Crippen molar-refractivity contribution < 1.29 is 19.1 Å². The third-order valence-electron chi connectivity index (χ3n) is 3.49. The van der Waals surface area contributed by atoms with Crippen LogP contribution in [0.3, 0.4) is 0 Å². The summed E-state index contributed by atoms with van der Waals surface area (Å²) in [6, 6.07) is 14.1. The van der Waals surface area contributed by atoms with E-state index in [0.29, 0.717) is 30.3 Å². The maximum absolute atomic E-state index is 11.9. The fourth-order valence-electron chi connectivity index (χ4n) is 2.22. The second-order valence-corrected chi connectivity index (χ2v) is 5.63. The normalized spacial score (nSPS) is 10.4. The first-order valence-electron chi connectivity index (χ1n) is 8.87. The van der Waals surface area contributed by atoms with E-state index in [1.807, 2.05) is 32.0 Å². The number of nitrogens with one attached hydrogen (secondary N) is 2. The van der Waals surface area contributed by atoms with Gasteiger partial charge in [-0.05, 0) is 49.2 Å². The van der Waals surface area contributed by atoms with Crippen molar-refractivity contribution in [1.82, 2.24) is 10.9 Å². The minimum absolute atomic E-state index is 0.381. The molecule has 0 aromatic heterocycles. The summed E-state index contributed by atoms with van der Waals surface area (Å²) >= 11 is 0. The van der Waals surface area contributed by atoms with Crippen LogP contribution in [0.15, 0.2) is 54.6 Å². The van der Waals surface area contributed by atoms with Crippen molar-refractivity contribution in [2.75, 3.05) is 13.2 Å². The van der Waals surface area contributed by atoms with Gasteiger partial charge in [-0.25, -0.2) is 0 Å². The summed E-state index contributed by atoms with van der Waals surface area (Å²) < 4.78 is 11.2. The Kier molecular flexibility index (Phi) is 7.91. The van der Waals surface area contributed by atoms with E-state index in [4.69, 9.17) is 9.47 Å². The molecule has 0 saturated carbocycles. The lowest BCUT2D eigenvalue weighted by molar-refractivity contribution is -0.117. The van der Waals surface area contributed by atoms with Crippen molar-refractivity contribution in [1.29, 1.82) is 0 Å². The summed E-state index contributed by atoms with van der Waals surface area (Å²) in [6.45, 7) is 5.06. The highest BCUT2D eigenvalue weighted by atomic mass is 16.5. The van der Waals surface area contributed by atoms with Crippen LogP contribution < -0.4 is 20.3 Å². The molecule has 2 rings (SSSR count). The highest BCUT2D eigenvalue weighted by Gasteiger charge is 2.07. The van der Waals surface area contributed by atoms with Crippen LogP contribution in [0.5, 0.6) is 11.5 Å². The monoisotopic (exact) mass is 368 g/mol. The molecule has 0 spiro atoms. The second kappa shape index (κ2) is 10.7. The molecule has 27 heavy (non-hydrogen) atoms. The van der Waals surface area contributed by atoms with Gasteiger partial charge in [0, 0.05) is 11.6 Å². The van der Waals surface area contributed by atoms with Gasteiger partial charge in [0.25, 0.3) is 11.8 Å². The van der Waals surface area contributed by atoms with Crippen LogP contribution in [0.2, 0.25) is 0 Å². The fourth-order valence-corrected chi connectivity index (χ4v) is 2.22. The molecule has 2 aromatic carbocycles. The number of hydrogen-bond donors (Lipinski definition) is 2. The lowest BCUT2D eigenvalue weighted by Gasteiger charge is -2.12. The molecule has 0 aliphatic carbocycles. The van der Waals surface area contributed by atoms with Crippen LogP contribution in [0.1, 0.15) is 36.2 Å². The molecule has 6 heteroatoms. The SMILES string of the molecule is CCCOc1ccc(/C=C/C(=O)NNC(=O)c2ccccc2)cc1OCC. The molecular formula is C21H24N2O4. The molecule has 0 fully saturated rings. The number of carbonyl (C=O) groups is 2. The molecule has 2 N–H and O–H groups in total. The quantitative estimate of drug-likeness (QED) is 0.553. The highest BCUT2D eigenvalue weighted by molar-refractivity contribution is 5.97. The Hall–Kier alpha value is -3.28. The van der Waals surface area contributed by atoms with Crippen LogP contribution >= 0.6 is 0 Å². The Balaban J connectivity index is 1.94. The summed E-state index contributed by atoms with van der Waals surface area (Å²) in [4.78, 5) is 23.8. The molecule has 0 saturated heterocycles. The summed E-state index contributed by atoms with van der Waals surface area (Å²) in [6.07, 6.45) is 3.88. The van der Waals surface area contributed by atoms with Gasteiger partial charge in [0.15, 0.2) is 11.5 Å². The number of hydrazine groups is 1. The minimum atomic E-state index is -0.441. The van der Waals surface area contributed by atoms with Crippen LogP contribution in [0.25, 0.3) is 6.08 Å². The Morgan fingerprint density at radius 2 is 1.74 bits per heavy atom. The number of carbonyl (C=O) groups excluding carboxylic acids is 2. The van der Waals surface area contributed by atoms with Gasteiger partial charge in [0.2, 0.25) is 0 Å². The number of rotatable bonds is 8. The molecule has 0 heterocycles. The maximum Gasteiger partial charge on any atom is 0.269 e. The van der Waals surface area contributed by atoms with Crippen LogP contribution in [-0.4, -0.2) is 25.0 Å². The smallest absolute Gasteiger partial charge is 0.269 e. The van der Waals surface area contributed by atoms with Gasteiger partial charge in [-0.2, -0.15) is 0 Å². The van der Waals surface area contributed by atoms with E-state index in [1.54, 1.807) is 36.4 Å². The first-order valence-corrected chi connectivity index (χ1v) is 8.87. The van der Waals surface area contributed by atoms with Gasteiger partial charge in [0.05, 0.1) is 13.2 Å². The molecule has 0 unspecified atom stereocenters. The van der Waals surface area contributed by atoms with Crippen molar-refractivity contribution in [2.24, 2.45) is 0 Å². The molecule has 142 valence electrons. The Morgan fingerprint density at radius 1 is 0.963 bits per heavy atom. The van der Waals surface area contributed by atoms with Gasteiger partial charge in [-0.1, -0.05) is 31.2 Å². The van der Waals surface area contributed by atoms with Gasteiger partial charge in [0.1, 0.15) is 0 Å². The van der Waals surface area contributed by atoms with Gasteiger partial charge >= 0.3 is 0 Å². The maximum atomic E-state index is 11.9. The summed E-state index contributed by atoms with van der Waals surface area (Å²) in [5, 5.41) is 0. The van der Waals surface area contributed by atoms with Crippen LogP contribution in [-0.2, 0) is 4.79 Å². The summed E-state index contributed by atoms with van der Waals surface area (Å²) in [5.41, 5.74) is 5.96. The molecule has 0 atom stereocenters. The number of amides is 2. The van der Waals surface area contributed by atoms with E-state index < -0.39 is 5.91 Å². The average Bonchev–Trinajstić information content (AvgIpc) is 2.70. The molecular weight excluding hydrogens is 344 g/mol. The lowest BCUT2D eigenvalue weighted by Crippen LogP contribution is -2.40. The molecule has 0 aliphatic rings. The van der Waals surface area contributed by atoms with E-state index in [1.165, 1.54) is 6.08 Å². The minimum Gasteiger partial charge on any atom is -0.490 e. The third-order valence-corrected chi connectivity index (χ3v) is 3.49. The zero-order chi connectivity index (χ0) is 19.5. The van der Waals surface area contributed by atoms with E-state index in [9.17, 15) is 9.59 Å².